The summed E-state index contributed by atoms with van der Waals surface area (Å²) in [7, 11) is 0. The van der Waals surface area contributed by atoms with E-state index in [-0.39, 0.29) is 23.6 Å². The molecule has 5 rings (SSSR count). The van der Waals surface area contributed by atoms with Crippen molar-refractivity contribution in [1.29, 1.82) is 0 Å². The minimum Gasteiger partial charge on any atom is -0.373 e. The third kappa shape index (κ3) is 5.72. The topological polar surface area (TPSA) is 145 Å². The lowest BCUT2D eigenvalue weighted by Gasteiger charge is -2.42. The lowest BCUT2D eigenvalue weighted by atomic mass is 9.93. The van der Waals surface area contributed by atoms with Crippen LogP contribution in [0.1, 0.15) is 43.3 Å². The third-order valence-electron chi connectivity index (χ3n) is 7.21. The molecule has 3 aliphatic heterocycles. The number of piperidine rings is 2. The number of aliphatic hydroxyl groups is 1. The molecule has 0 aliphatic carbocycles. The van der Waals surface area contributed by atoms with Gasteiger partial charge in [-0.2, -0.15) is 4.37 Å². The molecule has 2 unspecified atom stereocenters. The lowest BCUT2D eigenvalue weighted by molar-refractivity contribution is -0.127. The number of likely N-dealkylation sites (tertiary alicyclic amines) is 1. The summed E-state index contributed by atoms with van der Waals surface area (Å²) in [6, 6.07) is 2.64. The number of hydrogen-bond acceptors (Lipinski definition) is 11. The van der Waals surface area contributed by atoms with Crippen molar-refractivity contribution in [2.75, 3.05) is 49.5 Å². The highest BCUT2D eigenvalue weighted by molar-refractivity contribution is 7.10. The summed E-state index contributed by atoms with van der Waals surface area (Å²) in [6.45, 7) is 7.58. The summed E-state index contributed by atoms with van der Waals surface area (Å²) in [4.78, 5) is 26.8. The van der Waals surface area contributed by atoms with Gasteiger partial charge in [0.2, 0.25) is 5.91 Å². The van der Waals surface area contributed by atoms with Crippen molar-refractivity contribution in [2.45, 2.75) is 50.9 Å². The minimum atomic E-state index is -1.24. The number of aryl methyl sites for hydroxylation is 1. The maximum atomic E-state index is 13.0. The Morgan fingerprint density at radius 3 is 2.74 bits per heavy atom. The van der Waals surface area contributed by atoms with Crippen LogP contribution in [0.4, 0.5) is 16.6 Å². The van der Waals surface area contributed by atoms with Crippen LogP contribution in [0.15, 0.2) is 12.3 Å². The summed E-state index contributed by atoms with van der Waals surface area (Å²) in [5.41, 5.74) is 6.90. The van der Waals surface area contributed by atoms with E-state index in [2.05, 4.69) is 35.1 Å². The van der Waals surface area contributed by atoms with Gasteiger partial charge in [-0.05, 0) is 63.3 Å². The van der Waals surface area contributed by atoms with Crippen molar-refractivity contribution >= 4 is 34.1 Å². The zero-order valence-corrected chi connectivity index (χ0v) is 20.9. The fraction of sp³-hybridized carbons (Fsp3) is 0.652. The standard InChI is InChI=1S/C23H35N9O2S/c1-14-9-19(35-30-14)29-22-20(21(24)33)26-12-18(28-22)32-6-2-3-16(13-32)27-23(34)15-4-7-31(8-5-15)17-10-25-11-17/h9,12,15-17,21,25,33H,2-8,10-11,13,24H2,1H3,(H,27,34)(H,28,29). The van der Waals surface area contributed by atoms with Crippen LogP contribution in [-0.2, 0) is 4.79 Å². The molecule has 2 aromatic heterocycles. The van der Waals surface area contributed by atoms with Crippen LogP contribution in [0.2, 0.25) is 0 Å². The molecule has 11 nitrogen and oxygen atoms in total. The van der Waals surface area contributed by atoms with E-state index in [1.165, 1.54) is 11.5 Å². The number of amides is 1. The van der Waals surface area contributed by atoms with Gasteiger partial charge in [0.05, 0.1) is 11.9 Å². The second-order valence-electron chi connectivity index (χ2n) is 9.78. The smallest absolute Gasteiger partial charge is 0.223 e. The van der Waals surface area contributed by atoms with Crippen molar-refractivity contribution in [3.05, 3.63) is 23.7 Å². The average Bonchev–Trinajstić information content (AvgIpc) is 3.23. The fourth-order valence-corrected chi connectivity index (χ4v) is 5.73. The zero-order chi connectivity index (χ0) is 24.4. The maximum absolute atomic E-state index is 13.0. The number of carbonyl (C=O) groups is 1. The molecule has 2 aromatic rings. The summed E-state index contributed by atoms with van der Waals surface area (Å²) in [5.74, 6) is 1.39. The largest absolute Gasteiger partial charge is 0.373 e. The first-order valence-electron chi connectivity index (χ1n) is 12.5. The van der Waals surface area contributed by atoms with Gasteiger partial charge in [0, 0.05) is 44.2 Å². The molecule has 3 fully saturated rings. The minimum absolute atomic E-state index is 0.0761. The van der Waals surface area contributed by atoms with Gasteiger partial charge in [-0.15, -0.1) is 0 Å². The Bertz CT molecular complexity index is 1020. The van der Waals surface area contributed by atoms with Gasteiger partial charge in [-0.25, -0.2) is 9.97 Å². The number of aromatic nitrogens is 3. The van der Waals surface area contributed by atoms with Crippen molar-refractivity contribution < 1.29 is 9.90 Å². The molecule has 190 valence electrons. The van der Waals surface area contributed by atoms with E-state index in [4.69, 9.17) is 10.7 Å². The number of nitrogens with zero attached hydrogens (tertiary/aromatic N) is 5. The quantitative estimate of drug-likeness (QED) is 0.344. The number of carbonyl (C=O) groups excluding carboxylic acids is 1. The second kappa shape index (κ2) is 10.7. The summed E-state index contributed by atoms with van der Waals surface area (Å²) >= 11 is 1.31. The number of nitrogens with one attached hydrogen (secondary N) is 3. The molecule has 1 amide bonds. The van der Waals surface area contributed by atoms with Gasteiger partial charge >= 0.3 is 0 Å². The Morgan fingerprint density at radius 2 is 2.09 bits per heavy atom. The van der Waals surface area contributed by atoms with Crippen LogP contribution in [0.3, 0.4) is 0 Å². The molecule has 3 aliphatic rings. The molecule has 35 heavy (non-hydrogen) atoms. The van der Waals surface area contributed by atoms with Crippen molar-refractivity contribution in [1.82, 2.24) is 29.9 Å². The van der Waals surface area contributed by atoms with E-state index < -0.39 is 6.23 Å². The Labute approximate surface area is 209 Å². The highest BCUT2D eigenvalue weighted by Crippen LogP contribution is 2.28. The van der Waals surface area contributed by atoms with Crippen molar-refractivity contribution in [2.24, 2.45) is 11.7 Å². The molecular weight excluding hydrogens is 466 g/mol. The SMILES string of the molecule is Cc1cc(Nc2nc(N3CCCC(NC(=O)C4CCN(C5CNC5)CC4)C3)cnc2C(N)O)sn1. The first-order chi connectivity index (χ1) is 17.0. The van der Waals surface area contributed by atoms with Gasteiger partial charge in [0.1, 0.15) is 22.7 Å². The molecule has 0 bridgehead atoms. The molecule has 0 spiro atoms. The Kier molecular flexibility index (Phi) is 7.44. The maximum Gasteiger partial charge on any atom is 0.223 e. The van der Waals surface area contributed by atoms with Gasteiger partial charge in [0.25, 0.3) is 0 Å². The summed E-state index contributed by atoms with van der Waals surface area (Å²) in [6.07, 6.45) is 4.17. The Morgan fingerprint density at radius 1 is 1.29 bits per heavy atom. The van der Waals surface area contributed by atoms with Crippen molar-refractivity contribution in [3.8, 4) is 0 Å². The summed E-state index contributed by atoms with van der Waals surface area (Å²) in [5, 5.41) is 20.6. The average molecular weight is 502 g/mol. The second-order valence-corrected chi connectivity index (χ2v) is 10.6. The monoisotopic (exact) mass is 501 g/mol. The van der Waals surface area contributed by atoms with E-state index in [1.807, 2.05) is 13.0 Å². The predicted octanol–water partition coefficient (Wildman–Crippen LogP) is 0.704. The van der Waals surface area contributed by atoms with Gasteiger partial charge in [-0.1, -0.05) is 0 Å². The number of rotatable bonds is 7. The van der Waals surface area contributed by atoms with Crippen LogP contribution in [0.25, 0.3) is 0 Å². The van der Waals surface area contributed by atoms with E-state index >= 15 is 0 Å². The molecular formula is C23H35N9O2S. The molecule has 3 saturated heterocycles. The molecule has 0 aromatic carbocycles. The van der Waals surface area contributed by atoms with E-state index in [1.54, 1.807) is 6.20 Å². The van der Waals surface area contributed by atoms with Crippen LogP contribution in [0, 0.1) is 12.8 Å². The van der Waals surface area contributed by atoms with Gasteiger partial charge < -0.3 is 31.7 Å². The Hall–Kier alpha value is -2.38. The van der Waals surface area contributed by atoms with Crippen LogP contribution in [0.5, 0.6) is 0 Å². The highest BCUT2D eigenvalue weighted by Gasteiger charge is 2.32. The first kappa shape index (κ1) is 24.3. The van der Waals surface area contributed by atoms with Crippen LogP contribution >= 0.6 is 11.5 Å². The molecule has 5 heterocycles. The third-order valence-corrected chi connectivity index (χ3v) is 8.00. The fourth-order valence-electron chi connectivity index (χ4n) is 5.07. The number of hydrogen-bond donors (Lipinski definition) is 5. The molecule has 6 N–H and O–H groups in total. The molecule has 0 radical (unpaired) electrons. The van der Waals surface area contributed by atoms with E-state index in [0.29, 0.717) is 24.2 Å². The highest BCUT2D eigenvalue weighted by atomic mass is 32.1. The van der Waals surface area contributed by atoms with Crippen molar-refractivity contribution in [3.63, 3.8) is 0 Å². The number of anilines is 3. The number of nitrogens with two attached hydrogens (primary N) is 1. The molecule has 0 saturated carbocycles. The normalized spacial score (nSPS) is 23.1. The lowest BCUT2D eigenvalue weighted by Crippen LogP contribution is -2.59. The summed E-state index contributed by atoms with van der Waals surface area (Å²) < 4.78 is 4.28. The predicted molar refractivity (Wildman–Crippen MR) is 136 cm³/mol. The van der Waals surface area contributed by atoms with Gasteiger partial charge in [-0.3, -0.25) is 9.69 Å². The van der Waals surface area contributed by atoms with E-state index in [0.717, 1.165) is 69.1 Å². The first-order valence-corrected chi connectivity index (χ1v) is 13.2. The van der Waals surface area contributed by atoms with Crippen LogP contribution in [-0.4, -0.2) is 81.6 Å². The molecule has 12 heteroatoms. The Balaban J connectivity index is 1.20. The molecule has 2 atom stereocenters. The van der Waals surface area contributed by atoms with Gasteiger partial charge in [0.15, 0.2) is 5.82 Å². The van der Waals surface area contributed by atoms with Crippen LogP contribution < -0.4 is 26.6 Å². The zero-order valence-electron chi connectivity index (χ0n) is 20.1. The number of aliphatic hydroxyl groups excluding tert-OH is 1. The van der Waals surface area contributed by atoms with E-state index in [9.17, 15) is 9.90 Å².